The SMILES string of the molecule is COc1ccc2c(c1)C(C)(C)c1cc(OC)c3c4c1N2c1ccc(OC)c2c1B4c1c(cc(C=O)cc1O3)O2. The molecule has 4 heterocycles. The van der Waals surface area contributed by atoms with Crippen LogP contribution in [-0.2, 0) is 5.41 Å². The van der Waals surface area contributed by atoms with Crippen molar-refractivity contribution in [2.75, 3.05) is 26.2 Å². The number of fused-ring (bicyclic) bond motifs is 3. The average molecular weight is 517 g/mol. The van der Waals surface area contributed by atoms with E-state index in [4.69, 9.17) is 23.7 Å². The number of hydrogen-bond acceptors (Lipinski definition) is 7. The lowest BCUT2D eigenvalue weighted by molar-refractivity contribution is 0.112. The van der Waals surface area contributed by atoms with Crippen LogP contribution >= 0.6 is 0 Å². The molecule has 4 aromatic carbocycles. The van der Waals surface area contributed by atoms with Gasteiger partial charge in [0.1, 0.15) is 23.5 Å². The third kappa shape index (κ3) is 2.56. The molecule has 0 amide bonds. The van der Waals surface area contributed by atoms with Crippen LogP contribution in [0.4, 0.5) is 17.1 Å². The number of ether oxygens (including phenoxy) is 5. The monoisotopic (exact) mass is 517 g/mol. The topological polar surface area (TPSA) is 66.5 Å². The molecule has 0 atom stereocenters. The summed E-state index contributed by atoms with van der Waals surface area (Å²) >= 11 is 0. The van der Waals surface area contributed by atoms with Gasteiger partial charge in [-0.25, -0.2) is 0 Å². The maximum absolute atomic E-state index is 11.9. The zero-order valence-corrected chi connectivity index (χ0v) is 22.2. The summed E-state index contributed by atoms with van der Waals surface area (Å²) in [4.78, 5) is 14.2. The molecule has 0 unspecified atom stereocenters. The van der Waals surface area contributed by atoms with E-state index in [1.54, 1.807) is 33.5 Å². The highest BCUT2D eigenvalue weighted by Gasteiger charge is 2.53. The van der Waals surface area contributed by atoms with E-state index in [1.165, 1.54) is 0 Å². The molecule has 0 fully saturated rings. The van der Waals surface area contributed by atoms with Crippen molar-refractivity contribution in [2.24, 2.45) is 0 Å². The Bertz CT molecular complexity index is 1780. The Balaban J connectivity index is 1.56. The molecule has 0 radical (unpaired) electrons. The van der Waals surface area contributed by atoms with Gasteiger partial charge in [0, 0.05) is 38.7 Å². The minimum Gasteiger partial charge on any atom is -0.497 e. The second-order valence-electron chi connectivity index (χ2n) is 10.8. The predicted molar refractivity (Wildman–Crippen MR) is 150 cm³/mol. The number of benzene rings is 4. The molecular formula is C31H24BNO6. The number of nitrogens with zero attached hydrogens (tertiary/aromatic N) is 1. The van der Waals surface area contributed by atoms with Gasteiger partial charge in [0.05, 0.1) is 27.0 Å². The van der Waals surface area contributed by atoms with Crippen molar-refractivity contribution in [3.63, 3.8) is 0 Å². The first-order valence-corrected chi connectivity index (χ1v) is 12.8. The maximum Gasteiger partial charge on any atom is 0.266 e. The number of anilines is 3. The van der Waals surface area contributed by atoms with Crippen molar-refractivity contribution < 1.29 is 28.5 Å². The van der Waals surface area contributed by atoms with E-state index < -0.39 is 0 Å². The van der Waals surface area contributed by atoms with Gasteiger partial charge in [-0.3, -0.25) is 4.79 Å². The molecular weight excluding hydrogens is 493 g/mol. The Morgan fingerprint density at radius 1 is 0.769 bits per heavy atom. The zero-order chi connectivity index (χ0) is 26.8. The largest absolute Gasteiger partial charge is 0.497 e. The molecule has 0 aliphatic carbocycles. The summed E-state index contributed by atoms with van der Waals surface area (Å²) < 4.78 is 30.5. The summed E-state index contributed by atoms with van der Waals surface area (Å²) in [6.45, 7) is 4.28. The fourth-order valence-electron chi connectivity index (χ4n) is 6.85. The number of carbonyl (C=O) groups excluding carboxylic acids is 1. The zero-order valence-electron chi connectivity index (χ0n) is 22.2. The lowest BCUT2D eigenvalue weighted by atomic mass is 9.32. The summed E-state index contributed by atoms with van der Waals surface area (Å²) in [5, 5.41) is 0. The molecule has 4 aliphatic heterocycles. The number of rotatable bonds is 4. The van der Waals surface area contributed by atoms with Crippen LogP contribution in [0.25, 0.3) is 0 Å². The van der Waals surface area contributed by atoms with Crippen molar-refractivity contribution in [3.8, 4) is 40.2 Å². The van der Waals surface area contributed by atoms with E-state index >= 15 is 0 Å². The van der Waals surface area contributed by atoms with Crippen molar-refractivity contribution in [2.45, 2.75) is 19.3 Å². The van der Waals surface area contributed by atoms with Gasteiger partial charge < -0.3 is 28.6 Å². The van der Waals surface area contributed by atoms with Gasteiger partial charge >= 0.3 is 0 Å². The second-order valence-corrected chi connectivity index (χ2v) is 10.8. The second kappa shape index (κ2) is 7.29. The first kappa shape index (κ1) is 22.4. The van der Waals surface area contributed by atoms with Crippen LogP contribution in [-0.4, -0.2) is 34.3 Å². The highest BCUT2D eigenvalue weighted by Crippen LogP contribution is 2.58. The Morgan fingerprint density at radius 2 is 1.46 bits per heavy atom. The molecule has 0 saturated heterocycles. The summed E-state index contributed by atoms with van der Waals surface area (Å²) in [7, 11) is 5.00. The quantitative estimate of drug-likeness (QED) is 0.248. The van der Waals surface area contributed by atoms with Crippen LogP contribution in [0.3, 0.4) is 0 Å². The fraction of sp³-hybridized carbons (Fsp3) is 0.194. The summed E-state index contributed by atoms with van der Waals surface area (Å²) in [6.07, 6.45) is 0.808. The van der Waals surface area contributed by atoms with Gasteiger partial charge in [-0.2, -0.15) is 0 Å². The van der Waals surface area contributed by atoms with Crippen LogP contribution in [0.2, 0.25) is 0 Å². The molecule has 8 rings (SSSR count). The van der Waals surface area contributed by atoms with Crippen molar-refractivity contribution in [1.82, 2.24) is 0 Å². The van der Waals surface area contributed by atoms with Gasteiger partial charge in [0.25, 0.3) is 6.71 Å². The molecule has 39 heavy (non-hydrogen) atoms. The first-order valence-electron chi connectivity index (χ1n) is 12.8. The van der Waals surface area contributed by atoms with Crippen LogP contribution in [0.5, 0.6) is 40.2 Å². The van der Waals surface area contributed by atoms with E-state index in [-0.39, 0.29) is 12.1 Å². The van der Waals surface area contributed by atoms with Gasteiger partial charge in [-0.15, -0.1) is 0 Å². The predicted octanol–water partition coefficient (Wildman–Crippen LogP) is 4.68. The van der Waals surface area contributed by atoms with Crippen LogP contribution in [0, 0.1) is 0 Å². The van der Waals surface area contributed by atoms with Crippen molar-refractivity contribution in [3.05, 3.63) is 65.2 Å². The lowest BCUT2D eigenvalue weighted by Crippen LogP contribution is -2.62. The highest BCUT2D eigenvalue weighted by molar-refractivity contribution is 7.00. The molecule has 0 bridgehead atoms. The van der Waals surface area contributed by atoms with Crippen LogP contribution < -0.4 is 45.0 Å². The standard InChI is InChI=1S/C31H24BNO6/c1-31(2)17-12-16(35-3)6-7-19(17)33-20-8-9-21(36-4)29-25(20)32-26-22(38-29)10-15(14-34)11-23(26)39-30-24(37-5)13-18(31)28(33)27(30)32/h6-14H,1-5H3. The Morgan fingerprint density at radius 3 is 2.13 bits per heavy atom. The number of methoxy groups -OCH3 is 3. The number of aldehydes is 1. The lowest BCUT2D eigenvalue weighted by Gasteiger charge is -2.49. The molecule has 0 aromatic heterocycles. The highest BCUT2D eigenvalue weighted by atomic mass is 16.5. The molecule has 0 saturated carbocycles. The van der Waals surface area contributed by atoms with E-state index in [0.717, 1.165) is 56.6 Å². The summed E-state index contributed by atoms with van der Waals surface area (Å²) in [5.74, 6) is 4.57. The molecule has 8 heteroatoms. The molecule has 192 valence electrons. The smallest absolute Gasteiger partial charge is 0.266 e. The average Bonchev–Trinajstić information content (AvgIpc) is 2.96. The fourth-order valence-corrected chi connectivity index (χ4v) is 6.85. The van der Waals surface area contributed by atoms with Gasteiger partial charge in [0.15, 0.2) is 23.0 Å². The summed E-state index contributed by atoms with van der Waals surface area (Å²) in [5.41, 5.74) is 8.49. The molecule has 4 aromatic rings. The van der Waals surface area contributed by atoms with Crippen molar-refractivity contribution in [1.29, 1.82) is 0 Å². The third-order valence-electron chi connectivity index (χ3n) is 8.64. The summed E-state index contributed by atoms with van der Waals surface area (Å²) in [6, 6.07) is 15.9. The Hall–Kier alpha value is -4.59. The first-order chi connectivity index (χ1) is 18.9. The van der Waals surface area contributed by atoms with E-state index in [2.05, 4.69) is 43.0 Å². The van der Waals surface area contributed by atoms with Gasteiger partial charge in [-0.05, 0) is 59.7 Å². The Kier molecular flexibility index (Phi) is 4.19. The maximum atomic E-state index is 11.9. The molecule has 0 spiro atoms. The van der Waals surface area contributed by atoms with Crippen LogP contribution in [0.15, 0.2) is 48.5 Å². The van der Waals surface area contributed by atoms with Gasteiger partial charge in [0.2, 0.25) is 0 Å². The minimum absolute atomic E-state index is 0.191. The van der Waals surface area contributed by atoms with Crippen molar-refractivity contribution >= 4 is 46.4 Å². The molecule has 7 nitrogen and oxygen atoms in total. The van der Waals surface area contributed by atoms with E-state index in [9.17, 15) is 4.79 Å². The normalized spacial score (nSPS) is 15.4. The Labute approximate surface area is 225 Å². The number of hydrogen-bond donors (Lipinski definition) is 0. The molecule has 0 N–H and O–H groups in total. The molecule has 4 aliphatic rings. The van der Waals surface area contributed by atoms with Crippen LogP contribution in [0.1, 0.15) is 35.3 Å². The van der Waals surface area contributed by atoms with E-state index in [0.29, 0.717) is 40.1 Å². The van der Waals surface area contributed by atoms with Gasteiger partial charge in [-0.1, -0.05) is 13.8 Å². The minimum atomic E-state index is -0.361. The number of carbonyl (C=O) groups is 1. The van der Waals surface area contributed by atoms with E-state index in [1.807, 2.05) is 12.1 Å². The third-order valence-corrected chi connectivity index (χ3v) is 8.64.